The van der Waals surface area contributed by atoms with Crippen LogP contribution in [0, 0.1) is 5.82 Å². The minimum absolute atomic E-state index is 0.156. The number of hydrogen-bond donors (Lipinski definition) is 1. The van der Waals surface area contributed by atoms with E-state index in [-0.39, 0.29) is 11.8 Å². The molecule has 0 spiro atoms. The first-order valence-corrected chi connectivity index (χ1v) is 7.86. The number of ether oxygens (including phenoxy) is 1. The molecular weight excluding hydrogens is 309 g/mol. The van der Waals surface area contributed by atoms with Crippen molar-refractivity contribution in [2.24, 2.45) is 0 Å². The van der Waals surface area contributed by atoms with Gasteiger partial charge in [-0.2, -0.15) is 0 Å². The van der Waals surface area contributed by atoms with E-state index in [1.165, 1.54) is 12.1 Å². The zero-order valence-corrected chi connectivity index (χ0v) is 13.5. The molecule has 0 aromatic heterocycles. The van der Waals surface area contributed by atoms with Gasteiger partial charge >= 0.3 is 6.03 Å². The molecule has 6 heteroatoms. The van der Waals surface area contributed by atoms with Gasteiger partial charge in [-0.05, 0) is 48.5 Å². The molecule has 0 aliphatic carbocycles. The number of rotatable bonds is 3. The van der Waals surface area contributed by atoms with E-state index in [1.807, 2.05) is 24.3 Å². The first-order chi connectivity index (χ1) is 11.7. The topological polar surface area (TPSA) is 44.8 Å². The standard InChI is InChI=1S/C18H20FN3O2/c1-24-17-8-6-16(7-9-17)21-10-12-22(13-11-21)18(23)20-15-4-2-14(19)3-5-15/h2-9H,10-13H2,1H3,(H,20,23). The molecule has 2 amide bonds. The Bertz CT molecular complexity index is 680. The van der Waals surface area contributed by atoms with E-state index in [0.717, 1.165) is 24.5 Å². The molecule has 1 aliphatic rings. The normalized spacial score (nSPS) is 14.4. The Kier molecular flexibility index (Phi) is 4.84. The predicted octanol–water partition coefficient (Wildman–Crippen LogP) is 3.19. The second kappa shape index (κ2) is 7.21. The SMILES string of the molecule is COc1ccc(N2CCN(C(=O)Nc3ccc(F)cc3)CC2)cc1. The molecular formula is C18H20FN3O2. The van der Waals surface area contributed by atoms with Crippen LogP contribution in [-0.4, -0.2) is 44.2 Å². The van der Waals surface area contributed by atoms with Crippen LogP contribution in [0.25, 0.3) is 0 Å². The summed E-state index contributed by atoms with van der Waals surface area (Å²) in [6.07, 6.45) is 0. The smallest absolute Gasteiger partial charge is 0.321 e. The second-order valence-corrected chi connectivity index (χ2v) is 5.61. The average Bonchev–Trinajstić information content (AvgIpc) is 2.64. The molecule has 1 heterocycles. The van der Waals surface area contributed by atoms with Crippen LogP contribution >= 0.6 is 0 Å². The Hall–Kier alpha value is -2.76. The van der Waals surface area contributed by atoms with Crippen LogP contribution in [0.1, 0.15) is 0 Å². The highest BCUT2D eigenvalue weighted by atomic mass is 19.1. The number of hydrogen-bond acceptors (Lipinski definition) is 3. The lowest BCUT2D eigenvalue weighted by molar-refractivity contribution is 0.208. The van der Waals surface area contributed by atoms with Crippen LogP contribution in [0.2, 0.25) is 0 Å². The van der Waals surface area contributed by atoms with Gasteiger partial charge < -0.3 is 19.9 Å². The van der Waals surface area contributed by atoms with E-state index >= 15 is 0 Å². The van der Waals surface area contributed by atoms with E-state index < -0.39 is 0 Å². The van der Waals surface area contributed by atoms with Gasteiger partial charge in [0.15, 0.2) is 0 Å². The van der Waals surface area contributed by atoms with Crippen molar-refractivity contribution < 1.29 is 13.9 Å². The quantitative estimate of drug-likeness (QED) is 0.940. The Labute approximate surface area is 140 Å². The second-order valence-electron chi connectivity index (χ2n) is 5.61. The summed E-state index contributed by atoms with van der Waals surface area (Å²) in [5, 5.41) is 2.79. The third-order valence-electron chi connectivity index (χ3n) is 4.10. The van der Waals surface area contributed by atoms with E-state index in [0.29, 0.717) is 18.8 Å². The first kappa shape index (κ1) is 16.1. The van der Waals surface area contributed by atoms with Crippen molar-refractivity contribution >= 4 is 17.4 Å². The van der Waals surface area contributed by atoms with Gasteiger partial charge in [0.2, 0.25) is 0 Å². The molecule has 1 fully saturated rings. The van der Waals surface area contributed by atoms with Crippen LogP contribution in [0.4, 0.5) is 20.6 Å². The van der Waals surface area contributed by atoms with Crippen LogP contribution in [-0.2, 0) is 0 Å². The lowest BCUT2D eigenvalue weighted by atomic mass is 10.2. The summed E-state index contributed by atoms with van der Waals surface area (Å²) >= 11 is 0. The van der Waals surface area contributed by atoms with Crippen molar-refractivity contribution in [1.29, 1.82) is 0 Å². The highest BCUT2D eigenvalue weighted by Gasteiger charge is 2.21. The summed E-state index contributed by atoms with van der Waals surface area (Å²) in [5.74, 6) is 0.511. The Morgan fingerprint density at radius 1 is 1.00 bits per heavy atom. The molecule has 0 bridgehead atoms. The summed E-state index contributed by atoms with van der Waals surface area (Å²) in [5.41, 5.74) is 1.72. The molecule has 1 aliphatic heterocycles. The van der Waals surface area contributed by atoms with Crippen molar-refractivity contribution in [3.8, 4) is 5.75 Å². The first-order valence-electron chi connectivity index (χ1n) is 7.86. The number of methoxy groups -OCH3 is 1. The molecule has 0 atom stereocenters. The maximum Gasteiger partial charge on any atom is 0.321 e. The molecule has 0 saturated carbocycles. The van der Waals surface area contributed by atoms with Crippen molar-refractivity contribution in [3.05, 3.63) is 54.3 Å². The summed E-state index contributed by atoms with van der Waals surface area (Å²) in [7, 11) is 1.65. The maximum absolute atomic E-state index is 12.9. The number of carbonyl (C=O) groups excluding carboxylic acids is 1. The number of nitrogens with one attached hydrogen (secondary N) is 1. The highest BCUT2D eigenvalue weighted by molar-refractivity contribution is 5.89. The predicted molar refractivity (Wildman–Crippen MR) is 92.2 cm³/mol. The third kappa shape index (κ3) is 3.76. The Morgan fingerprint density at radius 2 is 1.62 bits per heavy atom. The minimum Gasteiger partial charge on any atom is -0.497 e. The van der Waals surface area contributed by atoms with Gasteiger partial charge in [-0.1, -0.05) is 0 Å². The van der Waals surface area contributed by atoms with Crippen LogP contribution in [0.5, 0.6) is 5.75 Å². The maximum atomic E-state index is 12.9. The van der Waals surface area contributed by atoms with Crippen LogP contribution < -0.4 is 15.0 Å². The van der Waals surface area contributed by atoms with Gasteiger partial charge in [-0.15, -0.1) is 0 Å². The van der Waals surface area contributed by atoms with Crippen molar-refractivity contribution in [2.75, 3.05) is 43.5 Å². The number of urea groups is 1. The molecule has 1 N–H and O–H groups in total. The molecule has 126 valence electrons. The molecule has 5 nitrogen and oxygen atoms in total. The molecule has 2 aromatic rings. The zero-order valence-electron chi connectivity index (χ0n) is 13.5. The molecule has 0 radical (unpaired) electrons. The molecule has 0 unspecified atom stereocenters. The third-order valence-corrected chi connectivity index (χ3v) is 4.10. The van der Waals surface area contributed by atoms with Gasteiger partial charge in [0.1, 0.15) is 11.6 Å². The number of nitrogens with zero attached hydrogens (tertiary/aromatic N) is 2. The molecule has 2 aromatic carbocycles. The summed E-state index contributed by atoms with van der Waals surface area (Å²) in [4.78, 5) is 16.3. The van der Waals surface area contributed by atoms with E-state index in [1.54, 1.807) is 24.1 Å². The van der Waals surface area contributed by atoms with Gasteiger partial charge in [0, 0.05) is 37.6 Å². The number of anilines is 2. The summed E-state index contributed by atoms with van der Waals surface area (Å²) in [6, 6.07) is 13.5. The molecule has 1 saturated heterocycles. The summed E-state index contributed by atoms with van der Waals surface area (Å²) in [6.45, 7) is 2.81. The fourth-order valence-corrected chi connectivity index (χ4v) is 2.70. The van der Waals surface area contributed by atoms with E-state index in [4.69, 9.17) is 4.74 Å². The largest absolute Gasteiger partial charge is 0.497 e. The van der Waals surface area contributed by atoms with Gasteiger partial charge in [-0.25, -0.2) is 9.18 Å². The summed E-state index contributed by atoms with van der Waals surface area (Å²) < 4.78 is 18.1. The lowest BCUT2D eigenvalue weighted by Gasteiger charge is -2.36. The Morgan fingerprint density at radius 3 is 2.21 bits per heavy atom. The highest BCUT2D eigenvalue weighted by Crippen LogP contribution is 2.20. The minimum atomic E-state index is -0.318. The van der Waals surface area contributed by atoms with Gasteiger partial charge in [0.05, 0.1) is 7.11 Å². The number of benzene rings is 2. The van der Waals surface area contributed by atoms with E-state index in [2.05, 4.69) is 10.2 Å². The number of halogens is 1. The van der Waals surface area contributed by atoms with Crippen molar-refractivity contribution in [1.82, 2.24) is 4.90 Å². The number of carbonyl (C=O) groups is 1. The van der Waals surface area contributed by atoms with Crippen LogP contribution in [0.3, 0.4) is 0 Å². The monoisotopic (exact) mass is 329 g/mol. The van der Waals surface area contributed by atoms with Gasteiger partial charge in [0.25, 0.3) is 0 Å². The number of amides is 2. The average molecular weight is 329 g/mol. The van der Waals surface area contributed by atoms with Crippen molar-refractivity contribution in [2.45, 2.75) is 0 Å². The van der Waals surface area contributed by atoms with Crippen molar-refractivity contribution in [3.63, 3.8) is 0 Å². The van der Waals surface area contributed by atoms with Gasteiger partial charge in [-0.3, -0.25) is 0 Å². The molecule has 24 heavy (non-hydrogen) atoms. The molecule has 3 rings (SSSR count). The lowest BCUT2D eigenvalue weighted by Crippen LogP contribution is -2.50. The zero-order chi connectivity index (χ0) is 16.9. The van der Waals surface area contributed by atoms with E-state index in [9.17, 15) is 9.18 Å². The number of piperazine rings is 1. The fraction of sp³-hybridized carbons (Fsp3) is 0.278. The van der Waals surface area contributed by atoms with Crippen LogP contribution in [0.15, 0.2) is 48.5 Å². The fourth-order valence-electron chi connectivity index (χ4n) is 2.70. The Balaban J connectivity index is 1.54.